The van der Waals surface area contributed by atoms with Crippen molar-refractivity contribution < 1.29 is 24.9 Å². The van der Waals surface area contributed by atoms with Crippen molar-refractivity contribution in [1.29, 1.82) is 0 Å². The Bertz CT molecular complexity index is 467. The van der Waals surface area contributed by atoms with E-state index in [1.165, 1.54) is 12.1 Å². The highest BCUT2D eigenvalue weighted by Gasteiger charge is 2.23. The van der Waals surface area contributed by atoms with Crippen molar-refractivity contribution >= 4 is 17.7 Å². The van der Waals surface area contributed by atoms with E-state index in [2.05, 4.69) is 10.6 Å². The van der Waals surface area contributed by atoms with Crippen LogP contribution < -0.4 is 10.6 Å². The average Bonchev–Trinajstić information content (AvgIpc) is 2.23. The molecule has 0 bridgehead atoms. The van der Waals surface area contributed by atoms with E-state index in [0.29, 0.717) is 0 Å². The highest BCUT2D eigenvalue weighted by Crippen LogP contribution is 2.23. The van der Waals surface area contributed by atoms with Crippen LogP contribution in [0.4, 0.5) is 10.5 Å². The molecule has 1 rings (SSSR count). The molecule has 0 aliphatic carbocycles. The number of rotatable bonds is 4. The number of phenols is 2. The van der Waals surface area contributed by atoms with Gasteiger partial charge in [-0.2, -0.15) is 0 Å². The Labute approximate surface area is 109 Å². The largest absolute Gasteiger partial charge is 0.508 e. The van der Waals surface area contributed by atoms with E-state index in [1.54, 1.807) is 13.8 Å². The lowest BCUT2D eigenvalue weighted by atomic mass is 10.1. The van der Waals surface area contributed by atoms with Gasteiger partial charge < -0.3 is 26.0 Å². The molecular weight excluding hydrogens is 252 g/mol. The zero-order valence-corrected chi connectivity index (χ0v) is 10.5. The van der Waals surface area contributed by atoms with Gasteiger partial charge in [-0.05, 0) is 5.92 Å². The lowest BCUT2D eigenvalue weighted by molar-refractivity contribution is -0.140. The fourth-order valence-corrected chi connectivity index (χ4v) is 1.49. The first-order valence-corrected chi connectivity index (χ1v) is 5.63. The molecule has 0 spiro atoms. The lowest BCUT2D eigenvalue weighted by Crippen LogP contribution is -2.46. The van der Waals surface area contributed by atoms with Crippen LogP contribution in [0.25, 0.3) is 0 Å². The van der Waals surface area contributed by atoms with Crippen molar-refractivity contribution in [3.05, 3.63) is 18.2 Å². The Morgan fingerprint density at radius 1 is 1.11 bits per heavy atom. The molecule has 1 unspecified atom stereocenters. The number of carbonyl (C=O) groups is 2. The van der Waals surface area contributed by atoms with Gasteiger partial charge in [-0.3, -0.25) is 0 Å². The first-order valence-electron chi connectivity index (χ1n) is 5.63. The molecule has 7 nitrogen and oxygen atoms in total. The van der Waals surface area contributed by atoms with Gasteiger partial charge in [0.05, 0.1) is 0 Å². The normalized spacial score (nSPS) is 11.9. The molecule has 0 fully saturated rings. The molecule has 0 aliphatic heterocycles. The van der Waals surface area contributed by atoms with Crippen LogP contribution >= 0.6 is 0 Å². The third kappa shape index (κ3) is 4.38. The number of carboxylic acids is 1. The molecule has 0 aromatic heterocycles. The van der Waals surface area contributed by atoms with Crippen LogP contribution in [-0.4, -0.2) is 33.4 Å². The molecule has 1 aromatic rings. The SMILES string of the molecule is CC(C)C(NC(=O)Nc1cc(O)cc(O)c1)C(=O)O. The molecule has 0 radical (unpaired) electrons. The summed E-state index contributed by atoms with van der Waals surface area (Å²) in [5.74, 6) is -1.84. The number of carboxylic acid groups (broad SMARTS) is 1. The summed E-state index contributed by atoms with van der Waals surface area (Å²) in [7, 11) is 0. The summed E-state index contributed by atoms with van der Waals surface area (Å²) in [5, 5.41) is 32.0. The number of aliphatic carboxylic acids is 1. The molecule has 1 atom stereocenters. The van der Waals surface area contributed by atoms with Crippen molar-refractivity contribution in [3.8, 4) is 11.5 Å². The second-order valence-electron chi connectivity index (χ2n) is 4.40. The first kappa shape index (κ1) is 14.6. The van der Waals surface area contributed by atoms with E-state index >= 15 is 0 Å². The Kier molecular flexibility index (Phi) is 4.57. The van der Waals surface area contributed by atoms with Crippen molar-refractivity contribution in [2.75, 3.05) is 5.32 Å². The topological polar surface area (TPSA) is 119 Å². The third-order valence-corrected chi connectivity index (χ3v) is 2.38. The second kappa shape index (κ2) is 5.94. The zero-order chi connectivity index (χ0) is 14.6. The standard InChI is InChI=1S/C12H16N2O5/c1-6(2)10(11(17)18)14-12(19)13-7-3-8(15)5-9(16)4-7/h3-6,10,15-16H,1-2H3,(H,17,18)(H2,13,14,19). The highest BCUT2D eigenvalue weighted by molar-refractivity contribution is 5.92. The van der Waals surface area contributed by atoms with Crippen molar-refractivity contribution in [2.24, 2.45) is 5.92 Å². The molecule has 5 N–H and O–H groups in total. The van der Waals surface area contributed by atoms with Gasteiger partial charge in [0.25, 0.3) is 0 Å². The van der Waals surface area contributed by atoms with Crippen LogP contribution in [-0.2, 0) is 4.79 Å². The van der Waals surface area contributed by atoms with Crippen LogP contribution in [0.2, 0.25) is 0 Å². The summed E-state index contributed by atoms with van der Waals surface area (Å²) < 4.78 is 0. The molecule has 104 valence electrons. The van der Waals surface area contributed by atoms with Gasteiger partial charge in [-0.15, -0.1) is 0 Å². The third-order valence-electron chi connectivity index (χ3n) is 2.38. The van der Waals surface area contributed by atoms with Gasteiger partial charge in [0, 0.05) is 23.9 Å². The van der Waals surface area contributed by atoms with Crippen LogP contribution in [0.5, 0.6) is 11.5 Å². The Balaban J connectivity index is 2.71. The fraction of sp³-hybridized carbons (Fsp3) is 0.333. The molecule has 2 amide bonds. The Morgan fingerprint density at radius 2 is 1.63 bits per heavy atom. The van der Waals surface area contributed by atoms with E-state index < -0.39 is 18.0 Å². The summed E-state index contributed by atoms with van der Waals surface area (Å²) in [4.78, 5) is 22.5. The Hall–Kier alpha value is -2.44. The van der Waals surface area contributed by atoms with Crippen LogP contribution in [0.3, 0.4) is 0 Å². The predicted molar refractivity (Wildman–Crippen MR) is 68.2 cm³/mol. The van der Waals surface area contributed by atoms with Crippen LogP contribution in [0, 0.1) is 5.92 Å². The van der Waals surface area contributed by atoms with Crippen molar-refractivity contribution in [2.45, 2.75) is 19.9 Å². The number of hydrogen-bond acceptors (Lipinski definition) is 4. The minimum atomic E-state index is -1.14. The van der Waals surface area contributed by atoms with E-state index in [-0.39, 0.29) is 23.1 Å². The summed E-state index contributed by atoms with van der Waals surface area (Å²) >= 11 is 0. The Morgan fingerprint density at radius 3 is 2.05 bits per heavy atom. The molecule has 1 aromatic carbocycles. The molecule has 0 saturated heterocycles. The number of aromatic hydroxyl groups is 2. The molecule has 19 heavy (non-hydrogen) atoms. The highest BCUT2D eigenvalue weighted by atomic mass is 16.4. The van der Waals surface area contributed by atoms with E-state index in [0.717, 1.165) is 6.07 Å². The maximum absolute atomic E-state index is 11.6. The minimum absolute atomic E-state index is 0.155. The number of benzene rings is 1. The van der Waals surface area contributed by atoms with E-state index in [9.17, 15) is 19.8 Å². The van der Waals surface area contributed by atoms with Gasteiger partial charge >= 0.3 is 12.0 Å². The smallest absolute Gasteiger partial charge is 0.326 e. The molecule has 0 heterocycles. The van der Waals surface area contributed by atoms with Gasteiger partial charge in [0.15, 0.2) is 0 Å². The number of urea groups is 1. The van der Waals surface area contributed by atoms with Crippen molar-refractivity contribution in [1.82, 2.24) is 5.32 Å². The maximum atomic E-state index is 11.6. The summed E-state index contributed by atoms with van der Waals surface area (Å²) in [6, 6.07) is 1.81. The number of amides is 2. The predicted octanol–water partition coefficient (Wildman–Crippen LogP) is 1.33. The molecular formula is C12H16N2O5. The quantitative estimate of drug-likeness (QED) is 0.564. The maximum Gasteiger partial charge on any atom is 0.326 e. The lowest BCUT2D eigenvalue weighted by Gasteiger charge is -2.18. The average molecular weight is 268 g/mol. The molecule has 7 heteroatoms. The van der Waals surface area contributed by atoms with Crippen LogP contribution in [0.15, 0.2) is 18.2 Å². The summed E-state index contributed by atoms with van der Waals surface area (Å²) in [5.41, 5.74) is 0.155. The molecule has 0 saturated carbocycles. The monoisotopic (exact) mass is 268 g/mol. The van der Waals surface area contributed by atoms with Crippen LogP contribution in [0.1, 0.15) is 13.8 Å². The number of nitrogens with one attached hydrogen (secondary N) is 2. The second-order valence-corrected chi connectivity index (χ2v) is 4.40. The van der Waals surface area contributed by atoms with Gasteiger partial charge in [-0.1, -0.05) is 13.8 Å². The van der Waals surface area contributed by atoms with Crippen molar-refractivity contribution in [3.63, 3.8) is 0 Å². The fourth-order valence-electron chi connectivity index (χ4n) is 1.49. The molecule has 0 aliphatic rings. The number of carbonyl (C=O) groups excluding carboxylic acids is 1. The number of anilines is 1. The van der Waals surface area contributed by atoms with Gasteiger partial charge in [-0.25, -0.2) is 9.59 Å². The van der Waals surface area contributed by atoms with Gasteiger partial charge in [0.2, 0.25) is 0 Å². The van der Waals surface area contributed by atoms with E-state index in [4.69, 9.17) is 5.11 Å². The summed E-state index contributed by atoms with van der Waals surface area (Å²) in [6.07, 6.45) is 0. The number of phenolic OH excluding ortho intramolecular Hbond substituents is 2. The summed E-state index contributed by atoms with van der Waals surface area (Å²) in [6.45, 7) is 3.33. The van der Waals surface area contributed by atoms with E-state index in [1.807, 2.05) is 0 Å². The zero-order valence-electron chi connectivity index (χ0n) is 10.5. The first-order chi connectivity index (χ1) is 8.79. The minimum Gasteiger partial charge on any atom is -0.508 e. The number of hydrogen-bond donors (Lipinski definition) is 5. The van der Waals surface area contributed by atoms with Gasteiger partial charge in [0.1, 0.15) is 17.5 Å².